The molecule has 0 bridgehead atoms. The molecule has 0 aromatic heterocycles. The quantitative estimate of drug-likeness (QED) is 0.840. The van der Waals surface area contributed by atoms with Crippen LogP contribution >= 0.6 is 0 Å². The van der Waals surface area contributed by atoms with Crippen LogP contribution in [0.15, 0.2) is 30.3 Å². The maximum atomic E-state index is 11.8. The number of nitrogens with one attached hydrogen (secondary N) is 1. The van der Waals surface area contributed by atoms with Gasteiger partial charge in [0, 0.05) is 25.7 Å². The molecule has 1 aliphatic heterocycles. The van der Waals surface area contributed by atoms with Crippen molar-refractivity contribution in [3.8, 4) is 0 Å². The molecule has 1 fully saturated rings. The number of rotatable bonds is 2. The van der Waals surface area contributed by atoms with Crippen LogP contribution in [0.4, 0.5) is 0 Å². The van der Waals surface area contributed by atoms with E-state index in [9.17, 15) is 4.79 Å². The van der Waals surface area contributed by atoms with Crippen molar-refractivity contribution in [3.63, 3.8) is 0 Å². The van der Waals surface area contributed by atoms with E-state index in [0.29, 0.717) is 11.6 Å². The van der Waals surface area contributed by atoms with Crippen molar-refractivity contribution >= 4 is 5.97 Å². The number of benzene rings is 1. The number of carbonyl (C=O) groups is 1. The first kappa shape index (κ1) is 12.1. The van der Waals surface area contributed by atoms with Crippen molar-refractivity contribution in [2.75, 3.05) is 19.6 Å². The van der Waals surface area contributed by atoms with Crippen molar-refractivity contribution in [2.45, 2.75) is 19.4 Å². The molecule has 1 aromatic rings. The molecule has 0 amide bonds. The Morgan fingerprint density at radius 2 is 2.12 bits per heavy atom. The van der Waals surface area contributed by atoms with Gasteiger partial charge in [0.2, 0.25) is 0 Å². The Labute approximate surface area is 102 Å². The van der Waals surface area contributed by atoms with Gasteiger partial charge < -0.3 is 10.2 Å². The van der Waals surface area contributed by atoms with Crippen LogP contribution in [0.2, 0.25) is 0 Å². The normalized spacial score (nSPS) is 21.8. The summed E-state index contributed by atoms with van der Waals surface area (Å²) in [5.74, 6) is -0.278. The van der Waals surface area contributed by atoms with E-state index in [4.69, 9.17) is 4.84 Å². The molecule has 1 atom stereocenters. The molecule has 2 rings (SSSR count). The van der Waals surface area contributed by atoms with Crippen molar-refractivity contribution in [1.82, 2.24) is 10.4 Å². The van der Waals surface area contributed by atoms with E-state index in [-0.39, 0.29) is 5.97 Å². The highest BCUT2D eigenvalue weighted by Crippen LogP contribution is 2.06. The molecule has 1 aliphatic rings. The average molecular weight is 234 g/mol. The Hall–Kier alpha value is -1.39. The predicted molar refractivity (Wildman–Crippen MR) is 65.5 cm³/mol. The topological polar surface area (TPSA) is 41.6 Å². The molecule has 4 nitrogen and oxygen atoms in total. The third-order valence-corrected chi connectivity index (χ3v) is 2.89. The molecule has 4 heteroatoms. The lowest BCUT2D eigenvalue weighted by Crippen LogP contribution is -2.31. The van der Waals surface area contributed by atoms with Crippen LogP contribution in [0, 0.1) is 0 Å². The van der Waals surface area contributed by atoms with Gasteiger partial charge in [0.25, 0.3) is 0 Å². The van der Waals surface area contributed by atoms with E-state index in [1.165, 1.54) is 0 Å². The van der Waals surface area contributed by atoms with Crippen LogP contribution in [0.3, 0.4) is 0 Å². The van der Waals surface area contributed by atoms with Crippen LogP contribution in [-0.2, 0) is 4.84 Å². The Kier molecular flexibility index (Phi) is 4.12. The highest BCUT2D eigenvalue weighted by Gasteiger charge is 2.17. The third kappa shape index (κ3) is 3.54. The van der Waals surface area contributed by atoms with Gasteiger partial charge in [-0.05, 0) is 25.5 Å². The first-order valence-corrected chi connectivity index (χ1v) is 6.01. The summed E-state index contributed by atoms with van der Waals surface area (Å²) in [5.41, 5.74) is 0.595. The van der Waals surface area contributed by atoms with Crippen LogP contribution in [0.25, 0.3) is 0 Å². The highest BCUT2D eigenvalue weighted by atomic mass is 16.7. The molecule has 1 aromatic carbocycles. The van der Waals surface area contributed by atoms with Crippen LogP contribution in [0.1, 0.15) is 23.7 Å². The molecule has 0 spiro atoms. The summed E-state index contributed by atoms with van der Waals surface area (Å²) >= 11 is 0. The maximum Gasteiger partial charge on any atom is 0.357 e. The third-order valence-electron chi connectivity index (χ3n) is 2.89. The van der Waals surface area contributed by atoms with Gasteiger partial charge in [-0.25, -0.2) is 4.79 Å². The summed E-state index contributed by atoms with van der Waals surface area (Å²) in [6, 6.07) is 9.57. The van der Waals surface area contributed by atoms with Gasteiger partial charge in [-0.3, -0.25) is 0 Å². The highest BCUT2D eigenvalue weighted by molar-refractivity contribution is 5.89. The number of hydrogen-bond acceptors (Lipinski definition) is 4. The number of nitrogens with zero attached hydrogens (tertiary/aromatic N) is 1. The van der Waals surface area contributed by atoms with Crippen LogP contribution in [0.5, 0.6) is 0 Å². The smallest absolute Gasteiger partial charge is 0.357 e. The van der Waals surface area contributed by atoms with E-state index in [1.54, 1.807) is 17.2 Å². The number of hydrogen-bond donors (Lipinski definition) is 1. The minimum atomic E-state index is -0.278. The molecule has 1 saturated heterocycles. The Morgan fingerprint density at radius 1 is 1.35 bits per heavy atom. The zero-order valence-corrected chi connectivity index (χ0v) is 10.1. The second-order valence-electron chi connectivity index (χ2n) is 4.32. The van der Waals surface area contributed by atoms with Gasteiger partial charge in [-0.1, -0.05) is 18.2 Å². The predicted octanol–water partition coefficient (Wildman–Crippen LogP) is 1.44. The molecule has 0 saturated carbocycles. The monoisotopic (exact) mass is 234 g/mol. The van der Waals surface area contributed by atoms with E-state index >= 15 is 0 Å². The molecule has 92 valence electrons. The second-order valence-corrected chi connectivity index (χ2v) is 4.32. The molecule has 0 radical (unpaired) electrons. The summed E-state index contributed by atoms with van der Waals surface area (Å²) in [6.07, 6.45) is 0.988. The van der Waals surface area contributed by atoms with Gasteiger partial charge in [0.1, 0.15) is 0 Å². The van der Waals surface area contributed by atoms with E-state index in [1.807, 2.05) is 18.2 Å². The lowest BCUT2D eigenvalue weighted by atomic mass is 10.2. The van der Waals surface area contributed by atoms with Crippen molar-refractivity contribution in [1.29, 1.82) is 0 Å². The largest absolute Gasteiger partial charge is 0.364 e. The fourth-order valence-corrected chi connectivity index (χ4v) is 1.82. The molecule has 0 aliphatic carbocycles. The van der Waals surface area contributed by atoms with Gasteiger partial charge in [0.15, 0.2) is 0 Å². The van der Waals surface area contributed by atoms with E-state index in [0.717, 1.165) is 26.1 Å². The SMILES string of the molecule is CC1CCN(OC(=O)c2ccccc2)CCN1. The summed E-state index contributed by atoms with van der Waals surface area (Å²) in [5, 5.41) is 5.10. The van der Waals surface area contributed by atoms with Gasteiger partial charge >= 0.3 is 5.97 Å². The number of carbonyl (C=O) groups excluding carboxylic acids is 1. The Balaban J connectivity index is 1.90. The molecular formula is C13H18N2O2. The molecule has 1 heterocycles. The number of hydroxylamine groups is 2. The minimum Gasteiger partial charge on any atom is -0.364 e. The summed E-state index contributed by atoms with van der Waals surface area (Å²) in [7, 11) is 0. The fraction of sp³-hybridized carbons (Fsp3) is 0.462. The fourth-order valence-electron chi connectivity index (χ4n) is 1.82. The average Bonchev–Trinajstić information content (AvgIpc) is 2.56. The standard InChI is InChI=1S/C13H18N2O2/c1-11-7-9-15(10-8-14-11)17-13(16)12-5-3-2-4-6-12/h2-6,11,14H,7-10H2,1H3. The lowest BCUT2D eigenvalue weighted by molar-refractivity contribution is -0.105. The Bertz CT molecular complexity index is 367. The van der Waals surface area contributed by atoms with Crippen LogP contribution in [-0.4, -0.2) is 36.7 Å². The van der Waals surface area contributed by atoms with E-state index < -0.39 is 0 Å². The van der Waals surface area contributed by atoms with Crippen molar-refractivity contribution in [2.24, 2.45) is 0 Å². The lowest BCUT2D eigenvalue weighted by Gasteiger charge is -2.18. The first-order valence-electron chi connectivity index (χ1n) is 6.01. The van der Waals surface area contributed by atoms with Gasteiger partial charge in [-0.15, -0.1) is 5.06 Å². The zero-order valence-electron chi connectivity index (χ0n) is 10.1. The Morgan fingerprint density at radius 3 is 2.88 bits per heavy atom. The van der Waals surface area contributed by atoms with Crippen molar-refractivity contribution in [3.05, 3.63) is 35.9 Å². The second kappa shape index (κ2) is 5.80. The van der Waals surface area contributed by atoms with Crippen molar-refractivity contribution < 1.29 is 9.63 Å². The summed E-state index contributed by atoms with van der Waals surface area (Å²) in [6.45, 7) is 4.52. The van der Waals surface area contributed by atoms with Crippen LogP contribution < -0.4 is 5.32 Å². The van der Waals surface area contributed by atoms with Gasteiger partial charge in [0.05, 0.1) is 5.56 Å². The zero-order chi connectivity index (χ0) is 12.1. The van der Waals surface area contributed by atoms with E-state index in [2.05, 4.69) is 12.2 Å². The molecular weight excluding hydrogens is 216 g/mol. The first-order chi connectivity index (χ1) is 8.25. The molecule has 1 unspecified atom stereocenters. The minimum absolute atomic E-state index is 0.278. The van der Waals surface area contributed by atoms with Gasteiger partial charge in [-0.2, -0.15) is 0 Å². The molecule has 17 heavy (non-hydrogen) atoms. The summed E-state index contributed by atoms with van der Waals surface area (Å²) in [4.78, 5) is 17.2. The summed E-state index contributed by atoms with van der Waals surface area (Å²) < 4.78 is 0. The maximum absolute atomic E-state index is 11.8. The molecule has 1 N–H and O–H groups in total.